The zero-order valence-electron chi connectivity index (χ0n) is 10.5. The molecule has 0 aliphatic carbocycles. The van der Waals surface area contributed by atoms with Gasteiger partial charge in [0.15, 0.2) is 0 Å². The number of benzene rings is 2. The number of para-hydroxylation sites is 1. The molecule has 1 heterocycles. The highest BCUT2D eigenvalue weighted by Gasteiger charge is 2.01. The first-order valence-electron chi connectivity index (χ1n) is 6.11. The molecule has 2 aromatic carbocycles. The molecule has 1 aromatic heterocycles. The van der Waals surface area contributed by atoms with Crippen molar-refractivity contribution in [3.8, 4) is 5.75 Å². The second-order valence-electron chi connectivity index (χ2n) is 4.32. The molecule has 0 amide bonds. The van der Waals surface area contributed by atoms with Gasteiger partial charge in [0.05, 0.1) is 17.6 Å². The van der Waals surface area contributed by atoms with Gasteiger partial charge < -0.3 is 5.11 Å². The Kier molecular flexibility index (Phi) is 3.13. The van der Waals surface area contributed by atoms with Crippen LogP contribution in [0.5, 0.6) is 5.75 Å². The van der Waals surface area contributed by atoms with Crippen molar-refractivity contribution in [1.82, 2.24) is 4.98 Å². The normalized spacial score (nSPS) is 11.2. The second-order valence-corrected chi connectivity index (χ2v) is 4.32. The zero-order valence-corrected chi connectivity index (χ0v) is 10.5. The quantitative estimate of drug-likeness (QED) is 0.716. The maximum absolute atomic E-state index is 12.8. The number of rotatable bonds is 2. The number of nitrogens with zero attached hydrogens (tertiary/aromatic N) is 2. The Bertz CT molecular complexity index is 782. The molecule has 3 rings (SSSR count). The number of fused-ring (bicyclic) bond motifs is 1. The average Bonchev–Trinajstić information content (AvgIpc) is 2.47. The Morgan fingerprint density at radius 3 is 2.60 bits per heavy atom. The summed E-state index contributed by atoms with van der Waals surface area (Å²) in [7, 11) is 0. The highest BCUT2D eigenvalue weighted by atomic mass is 19.1. The fraction of sp³-hybridized carbons (Fsp3) is 0. The first-order valence-corrected chi connectivity index (χ1v) is 6.11. The van der Waals surface area contributed by atoms with Gasteiger partial charge in [0.1, 0.15) is 17.1 Å². The van der Waals surface area contributed by atoms with Crippen LogP contribution in [0, 0.1) is 5.82 Å². The van der Waals surface area contributed by atoms with Crippen molar-refractivity contribution < 1.29 is 9.50 Å². The monoisotopic (exact) mass is 266 g/mol. The molecular formula is C16H11FN2O. The summed E-state index contributed by atoms with van der Waals surface area (Å²) in [6.07, 6.45) is 1.58. The highest BCUT2D eigenvalue weighted by Crippen LogP contribution is 2.22. The molecule has 1 N–H and O–H groups in total. The second kappa shape index (κ2) is 5.09. The third-order valence-corrected chi connectivity index (χ3v) is 2.89. The van der Waals surface area contributed by atoms with E-state index in [1.165, 1.54) is 12.1 Å². The van der Waals surface area contributed by atoms with Crippen LogP contribution in [0.25, 0.3) is 10.9 Å². The summed E-state index contributed by atoms with van der Waals surface area (Å²) in [5.41, 5.74) is 1.81. The summed E-state index contributed by atoms with van der Waals surface area (Å²) in [6.45, 7) is 0. The molecule has 3 nitrogen and oxygen atoms in total. The fourth-order valence-corrected chi connectivity index (χ4v) is 1.89. The van der Waals surface area contributed by atoms with Gasteiger partial charge in [-0.25, -0.2) is 9.37 Å². The van der Waals surface area contributed by atoms with E-state index in [0.717, 1.165) is 5.39 Å². The molecule has 0 saturated heterocycles. The third kappa shape index (κ3) is 2.49. The summed E-state index contributed by atoms with van der Waals surface area (Å²) in [4.78, 5) is 8.55. The van der Waals surface area contributed by atoms with Gasteiger partial charge in [-0.3, -0.25) is 4.99 Å². The van der Waals surface area contributed by atoms with Crippen LogP contribution in [0.1, 0.15) is 5.69 Å². The minimum atomic E-state index is -0.294. The number of aliphatic imine (C=N–C) groups is 1. The van der Waals surface area contributed by atoms with Gasteiger partial charge in [-0.1, -0.05) is 18.2 Å². The van der Waals surface area contributed by atoms with E-state index in [1.54, 1.807) is 30.5 Å². The maximum Gasteiger partial charge on any atom is 0.141 e. The average molecular weight is 266 g/mol. The van der Waals surface area contributed by atoms with Crippen LogP contribution in [-0.4, -0.2) is 16.3 Å². The van der Waals surface area contributed by atoms with Gasteiger partial charge in [-0.15, -0.1) is 0 Å². The van der Waals surface area contributed by atoms with E-state index < -0.39 is 0 Å². The Morgan fingerprint density at radius 1 is 1.00 bits per heavy atom. The Morgan fingerprint density at radius 2 is 1.80 bits per heavy atom. The molecule has 0 fully saturated rings. The van der Waals surface area contributed by atoms with Crippen molar-refractivity contribution in [3.63, 3.8) is 0 Å². The largest absolute Gasteiger partial charge is 0.506 e. The fourth-order valence-electron chi connectivity index (χ4n) is 1.89. The lowest BCUT2D eigenvalue weighted by Gasteiger charge is -2.01. The van der Waals surface area contributed by atoms with Gasteiger partial charge in [-0.2, -0.15) is 0 Å². The molecule has 20 heavy (non-hydrogen) atoms. The molecule has 3 aromatic rings. The van der Waals surface area contributed by atoms with Gasteiger partial charge in [0, 0.05) is 5.39 Å². The lowest BCUT2D eigenvalue weighted by Crippen LogP contribution is -1.88. The predicted molar refractivity (Wildman–Crippen MR) is 77.1 cm³/mol. The van der Waals surface area contributed by atoms with Crippen molar-refractivity contribution in [2.24, 2.45) is 4.99 Å². The molecule has 0 atom stereocenters. The van der Waals surface area contributed by atoms with Crippen LogP contribution in [0.4, 0.5) is 10.1 Å². The van der Waals surface area contributed by atoms with Crippen LogP contribution >= 0.6 is 0 Å². The van der Waals surface area contributed by atoms with E-state index in [1.807, 2.05) is 18.2 Å². The molecule has 0 bridgehead atoms. The topological polar surface area (TPSA) is 45.5 Å². The predicted octanol–water partition coefficient (Wildman–Crippen LogP) is 3.83. The summed E-state index contributed by atoms with van der Waals surface area (Å²) in [6, 6.07) is 14.8. The van der Waals surface area contributed by atoms with E-state index in [4.69, 9.17) is 0 Å². The minimum Gasteiger partial charge on any atom is -0.506 e. The van der Waals surface area contributed by atoms with Crippen molar-refractivity contribution in [3.05, 3.63) is 66.1 Å². The molecule has 0 unspecified atom stereocenters. The van der Waals surface area contributed by atoms with E-state index in [0.29, 0.717) is 16.9 Å². The summed E-state index contributed by atoms with van der Waals surface area (Å²) in [5.74, 6) is -0.155. The zero-order chi connectivity index (χ0) is 13.9. The SMILES string of the molecule is Oc1cccc2ccc(C=Nc3ccc(F)cc3)nc12. The maximum atomic E-state index is 12.8. The van der Waals surface area contributed by atoms with Crippen molar-refractivity contribution in [1.29, 1.82) is 0 Å². The summed E-state index contributed by atoms with van der Waals surface area (Å²) >= 11 is 0. The van der Waals surface area contributed by atoms with E-state index >= 15 is 0 Å². The van der Waals surface area contributed by atoms with E-state index in [2.05, 4.69) is 9.98 Å². The lowest BCUT2D eigenvalue weighted by atomic mass is 10.2. The van der Waals surface area contributed by atoms with Gasteiger partial charge in [0.25, 0.3) is 0 Å². The highest BCUT2D eigenvalue weighted by molar-refractivity contribution is 5.89. The number of aromatic hydroxyl groups is 1. The number of phenolic OH excluding ortho intramolecular Hbond substituents is 1. The Labute approximate surface area is 115 Å². The first kappa shape index (κ1) is 12.3. The first-order chi connectivity index (χ1) is 9.72. The molecule has 0 aliphatic rings. The molecular weight excluding hydrogens is 255 g/mol. The molecule has 4 heteroatoms. The molecule has 0 spiro atoms. The molecule has 0 saturated carbocycles. The van der Waals surface area contributed by atoms with Crippen molar-refractivity contribution >= 4 is 22.8 Å². The van der Waals surface area contributed by atoms with Crippen molar-refractivity contribution in [2.45, 2.75) is 0 Å². The van der Waals surface area contributed by atoms with Gasteiger partial charge in [-0.05, 0) is 36.4 Å². The smallest absolute Gasteiger partial charge is 0.141 e. The number of phenols is 1. The molecule has 0 aliphatic heterocycles. The number of halogens is 1. The van der Waals surface area contributed by atoms with Crippen LogP contribution in [0.2, 0.25) is 0 Å². The Balaban J connectivity index is 1.94. The third-order valence-electron chi connectivity index (χ3n) is 2.89. The van der Waals surface area contributed by atoms with E-state index in [9.17, 15) is 9.50 Å². The van der Waals surface area contributed by atoms with Crippen LogP contribution in [0.3, 0.4) is 0 Å². The van der Waals surface area contributed by atoms with Gasteiger partial charge in [0.2, 0.25) is 0 Å². The Hall–Kier alpha value is -2.75. The van der Waals surface area contributed by atoms with Crippen LogP contribution in [0.15, 0.2) is 59.6 Å². The number of aromatic nitrogens is 1. The summed E-state index contributed by atoms with van der Waals surface area (Å²) < 4.78 is 12.8. The van der Waals surface area contributed by atoms with E-state index in [-0.39, 0.29) is 11.6 Å². The van der Waals surface area contributed by atoms with Gasteiger partial charge >= 0.3 is 0 Å². The number of hydrogen-bond acceptors (Lipinski definition) is 3. The molecule has 98 valence electrons. The summed E-state index contributed by atoms with van der Waals surface area (Å²) in [5, 5.41) is 10.6. The van der Waals surface area contributed by atoms with Crippen molar-refractivity contribution in [2.75, 3.05) is 0 Å². The molecule has 0 radical (unpaired) electrons. The van der Waals surface area contributed by atoms with Crippen LogP contribution < -0.4 is 0 Å². The minimum absolute atomic E-state index is 0.138. The number of pyridine rings is 1. The standard InChI is InChI=1S/C16H11FN2O/c17-12-5-8-13(9-6-12)18-10-14-7-4-11-2-1-3-15(20)16(11)19-14/h1-10,20H. The lowest BCUT2D eigenvalue weighted by molar-refractivity contribution is 0.480. The number of hydrogen-bond donors (Lipinski definition) is 1. The van der Waals surface area contributed by atoms with Crippen LogP contribution in [-0.2, 0) is 0 Å².